The minimum absolute atomic E-state index is 0.173. The molecule has 6 heteroatoms. The molecule has 0 unspecified atom stereocenters. The molecule has 0 saturated heterocycles. The highest BCUT2D eigenvalue weighted by atomic mass is 35.5. The van der Waals surface area contributed by atoms with Gasteiger partial charge in [0.2, 0.25) is 5.91 Å². The Morgan fingerprint density at radius 3 is 2.60 bits per heavy atom. The normalized spacial score (nSPS) is 12.0. The standard InChI is InChI=1S/C19H17ClFN3O/c1-24-11-10-22-19(24)18(15-4-2-3-5-16(15)21)23-17(25)12-13-6-8-14(20)9-7-13/h2-11,18H,12H2,1H3,(H,23,25)/t18-/m0/s1. The zero-order valence-corrected chi connectivity index (χ0v) is 14.4. The first-order chi connectivity index (χ1) is 12.0. The van der Waals surface area contributed by atoms with Crippen LogP contribution in [-0.2, 0) is 18.3 Å². The predicted octanol–water partition coefficient (Wildman–Crippen LogP) is 3.66. The summed E-state index contributed by atoms with van der Waals surface area (Å²) >= 11 is 5.86. The number of carbonyl (C=O) groups is 1. The number of aryl methyl sites for hydroxylation is 1. The van der Waals surface area contributed by atoms with Crippen LogP contribution in [0.2, 0.25) is 5.02 Å². The molecule has 128 valence electrons. The van der Waals surface area contributed by atoms with Crippen LogP contribution in [0.25, 0.3) is 0 Å². The first-order valence-electron chi connectivity index (χ1n) is 7.80. The van der Waals surface area contributed by atoms with Crippen LogP contribution < -0.4 is 5.32 Å². The molecule has 4 nitrogen and oxygen atoms in total. The Labute approximate surface area is 150 Å². The van der Waals surface area contributed by atoms with Gasteiger partial charge >= 0.3 is 0 Å². The Hall–Kier alpha value is -2.66. The molecule has 0 spiro atoms. The molecular formula is C19H17ClFN3O. The van der Waals surface area contributed by atoms with E-state index in [1.807, 2.05) is 7.05 Å². The zero-order valence-electron chi connectivity index (χ0n) is 13.6. The number of hydrogen-bond donors (Lipinski definition) is 1. The highest BCUT2D eigenvalue weighted by molar-refractivity contribution is 6.30. The van der Waals surface area contributed by atoms with Crippen molar-refractivity contribution in [2.24, 2.45) is 7.05 Å². The Morgan fingerprint density at radius 1 is 1.24 bits per heavy atom. The highest BCUT2D eigenvalue weighted by Gasteiger charge is 2.23. The van der Waals surface area contributed by atoms with Crippen LogP contribution >= 0.6 is 11.6 Å². The van der Waals surface area contributed by atoms with E-state index in [1.165, 1.54) is 6.07 Å². The van der Waals surface area contributed by atoms with E-state index in [0.29, 0.717) is 16.4 Å². The van der Waals surface area contributed by atoms with Crippen molar-refractivity contribution in [2.75, 3.05) is 0 Å². The second kappa shape index (κ2) is 7.49. The molecule has 25 heavy (non-hydrogen) atoms. The number of carbonyl (C=O) groups excluding carboxylic acids is 1. The van der Waals surface area contributed by atoms with Gasteiger partial charge in [-0.1, -0.05) is 41.9 Å². The quantitative estimate of drug-likeness (QED) is 0.757. The Bertz CT molecular complexity index is 876. The summed E-state index contributed by atoms with van der Waals surface area (Å²) in [6.07, 6.45) is 3.55. The Kier molecular flexibility index (Phi) is 5.14. The van der Waals surface area contributed by atoms with Crippen molar-refractivity contribution < 1.29 is 9.18 Å². The number of benzene rings is 2. The van der Waals surface area contributed by atoms with Crippen molar-refractivity contribution in [1.29, 1.82) is 0 Å². The van der Waals surface area contributed by atoms with Crippen LogP contribution in [0.5, 0.6) is 0 Å². The molecule has 1 N–H and O–H groups in total. The topological polar surface area (TPSA) is 46.9 Å². The number of aromatic nitrogens is 2. The highest BCUT2D eigenvalue weighted by Crippen LogP contribution is 2.23. The van der Waals surface area contributed by atoms with Gasteiger partial charge in [-0.15, -0.1) is 0 Å². The molecule has 1 heterocycles. The fraction of sp³-hybridized carbons (Fsp3) is 0.158. The maximum absolute atomic E-state index is 14.3. The molecule has 0 fully saturated rings. The summed E-state index contributed by atoms with van der Waals surface area (Å²) in [6.45, 7) is 0. The van der Waals surface area contributed by atoms with Crippen LogP contribution in [0.3, 0.4) is 0 Å². The third-order valence-electron chi connectivity index (χ3n) is 3.92. The zero-order chi connectivity index (χ0) is 17.8. The molecule has 3 rings (SSSR count). The third kappa shape index (κ3) is 4.06. The van der Waals surface area contributed by atoms with Crippen LogP contribution in [-0.4, -0.2) is 15.5 Å². The van der Waals surface area contributed by atoms with Crippen LogP contribution in [0.4, 0.5) is 4.39 Å². The van der Waals surface area contributed by atoms with Gasteiger partial charge in [-0.05, 0) is 23.8 Å². The van der Waals surface area contributed by atoms with Crippen molar-refractivity contribution in [3.05, 3.63) is 88.7 Å². The van der Waals surface area contributed by atoms with E-state index >= 15 is 0 Å². The van der Waals surface area contributed by atoms with Crippen molar-refractivity contribution >= 4 is 17.5 Å². The van der Waals surface area contributed by atoms with Gasteiger partial charge in [-0.25, -0.2) is 9.37 Å². The summed E-state index contributed by atoms with van der Waals surface area (Å²) in [5.41, 5.74) is 1.20. The summed E-state index contributed by atoms with van der Waals surface area (Å²) < 4.78 is 16.0. The van der Waals surface area contributed by atoms with E-state index < -0.39 is 6.04 Å². The van der Waals surface area contributed by atoms with Crippen molar-refractivity contribution in [3.8, 4) is 0 Å². The minimum Gasteiger partial charge on any atom is -0.342 e. The molecule has 1 atom stereocenters. The second-order valence-electron chi connectivity index (χ2n) is 5.72. The van der Waals surface area contributed by atoms with E-state index in [-0.39, 0.29) is 18.1 Å². The maximum atomic E-state index is 14.3. The number of halogens is 2. The lowest BCUT2D eigenvalue weighted by molar-refractivity contribution is -0.121. The lowest BCUT2D eigenvalue weighted by Crippen LogP contribution is -2.32. The molecular weight excluding hydrogens is 341 g/mol. The van der Waals surface area contributed by atoms with E-state index in [9.17, 15) is 9.18 Å². The monoisotopic (exact) mass is 357 g/mol. The predicted molar refractivity (Wildman–Crippen MR) is 94.7 cm³/mol. The minimum atomic E-state index is -0.666. The summed E-state index contributed by atoms with van der Waals surface area (Å²) in [4.78, 5) is 16.8. The van der Waals surface area contributed by atoms with E-state index in [2.05, 4.69) is 10.3 Å². The van der Waals surface area contributed by atoms with Gasteiger partial charge in [-0.2, -0.15) is 0 Å². The Morgan fingerprint density at radius 2 is 1.96 bits per heavy atom. The van der Waals surface area contributed by atoms with Crippen LogP contribution in [0, 0.1) is 5.82 Å². The van der Waals surface area contributed by atoms with Crippen LogP contribution in [0.1, 0.15) is 23.0 Å². The third-order valence-corrected chi connectivity index (χ3v) is 4.17. The molecule has 0 radical (unpaired) electrons. The van der Waals surface area contributed by atoms with E-state index in [4.69, 9.17) is 11.6 Å². The lowest BCUT2D eigenvalue weighted by atomic mass is 10.0. The molecule has 1 amide bonds. The van der Waals surface area contributed by atoms with Gasteiger partial charge in [0.1, 0.15) is 17.7 Å². The smallest absolute Gasteiger partial charge is 0.225 e. The molecule has 3 aromatic rings. The maximum Gasteiger partial charge on any atom is 0.225 e. The number of imidazole rings is 1. The van der Waals surface area contributed by atoms with Crippen LogP contribution in [0.15, 0.2) is 60.9 Å². The molecule has 0 saturated carbocycles. The summed E-state index contributed by atoms with van der Waals surface area (Å²) in [7, 11) is 1.81. The SMILES string of the molecule is Cn1ccnc1[C@@H](NC(=O)Cc1ccc(Cl)cc1)c1ccccc1F. The number of amides is 1. The average molecular weight is 358 g/mol. The fourth-order valence-corrected chi connectivity index (χ4v) is 2.77. The van der Waals surface area contributed by atoms with Gasteiger partial charge < -0.3 is 9.88 Å². The van der Waals surface area contributed by atoms with E-state index in [1.54, 1.807) is 59.4 Å². The van der Waals surface area contributed by atoms with Gasteiger partial charge in [0.15, 0.2) is 0 Å². The second-order valence-corrected chi connectivity index (χ2v) is 6.16. The van der Waals surface area contributed by atoms with Crippen molar-refractivity contribution in [3.63, 3.8) is 0 Å². The number of rotatable bonds is 5. The largest absolute Gasteiger partial charge is 0.342 e. The first kappa shape index (κ1) is 17.2. The summed E-state index contributed by atoms with van der Waals surface area (Å²) in [5, 5.41) is 3.50. The van der Waals surface area contributed by atoms with Gasteiger partial charge in [0.25, 0.3) is 0 Å². The fourth-order valence-electron chi connectivity index (χ4n) is 2.65. The van der Waals surface area contributed by atoms with Gasteiger partial charge in [0.05, 0.1) is 6.42 Å². The summed E-state index contributed by atoms with van der Waals surface area (Å²) in [5.74, 6) is -0.0459. The molecule has 0 aliphatic rings. The molecule has 0 aliphatic heterocycles. The van der Waals surface area contributed by atoms with Gasteiger partial charge in [0, 0.05) is 30.0 Å². The number of nitrogens with zero attached hydrogens (tertiary/aromatic N) is 2. The van der Waals surface area contributed by atoms with E-state index in [0.717, 1.165) is 5.56 Å². The average Bonchev–Trinajstić information content (AvgIpc) is 3.01. The number of hydrogen-bond acceptors (Lipinski definition) is 2. The van der Waals surface area contributed by atoms with Crippen molar-refractivity contribution in [1.82, 2.24) is 14.9 Å². The molecule has 0 bridgehead atoms. The number of nitrogens with one attached hydrogen (secondary N) is 1. The first-order valence-corrected chi connectivity index (χ1v) is 8.18. The Balaban J connectivity index is 1.85. The van der Waals surface area contributed by atoms with Gasteiger partial charge in [-0.3, -0.25) is 4.79 Å². The molecule has 2 aromatic carbocycles. The summed E-state index contributed by atoms with van der Waals surface area (Å²) in [6, 6.07) is 12.8. The lowest BCUT2D eigenvalue weighted by Gasteiger charge is -2.19. The van der Waals surface area contributed by atoms with Crippen molar-refractivity contribution in [2.45, 2.75) is 12.5 Å². The molecule has 0 aliphatic carbocycles. The molecule has 1 aromatic heterocycles.